The highest BCUT2D eigenvalue weighted by molar-refractivity contribution is 6.31. The van der Waals surface area contributed by atoms with Crippen molar-refractivity contribution in [1.29, 1.82) is 0 Å². The van der Waals surface area contributed by atoms with E-state index in [-0.39, 0.29) is 0 Å². The summed E-state index contributed by atoms with van der Waals surface area (Å²) in [7, 11) is 0. The second-order valence-corrected chi connectivity index (χ2v) is 12.5. The lowest BCUT2D eigenvalue weighted by atomic mass is 9.88. The third-order valence-electron chi connectivity index (χ3n) is 9.82. The van der Waals surface area contributed by atoms with Crippen LogP contribution in [-0.2, 0) is 0 Å². The highest BCUT2D eigenvalue weighted by Gasteiger charge is 2.17. The van der Waals surface area contributed by atoms with Crippen molar-refractivity contribution in [3.63, 3.8) is 0 Å². The van der Waals surface area contributed by atoms with Crippen LogP contribution in [0.3, 0.4) is 0 Å². The van der Waals surface area contributed by atoms with Crippen molar-refractivity contribution in [2.45, 2.75) is 0 Å². The molecule has 0 aliphatic heterocycles. The fourth-order valence-corrected chi connectivity index (χ4v) is 7.66. The lowest BCUT2D eigenvalue weighted by Gasteiger charge is -2.15. The number of fused-ring (bicyclic) bond motifs is 11. The quantitative estimate of drug-likeness (QED) is 0.185. The molecule has 1 nitrogen and oxygen atoms in total. The Labute approximate surface area is 271 Å². The van der Waals surface area contributed by atoms with Gasteiger partial charge < -0.3 is 4.42 Å². The molecule has 0 saturated carbocycles. The lowest BCUT2D eigenvalue weighted by molar-refractivity contribution is 0.670. The van der Waals surface area contributed by atoms with Crippen LogP contribution in [-0.4, -0.2) is 0 Å². The first-order valence-corrected chi connectivity index (χ1v) is 16.2. The maximum atomic E-state index is 6.55. The lowest BCUT2D eigenvalue weighted by Crippen LogP contribution is -1.88. The molecule has 0 bridgehead atoms. The number of benzene rings is 9. The third kappa shape index (κ3) is 4.03. The van der Waals surface area contributed by atoms with Gasteiger partial charge in [-0.15, -0.1) is 0 Å². The molecule has 1 heterocycles. The molecule has 0 fully saturated rings. The van der Waals surface area contributed by atoms with E-state index in [9.17, 15) is 0 Å². The second kappa shape index (κ2) is 10.2. The van der Waals surface area contributed by atoms with E-state index in [4.69, 9.17) is 4.42 Å². The van der Waals surface area contributed by atoms with Crippen LogP contribution in [0.2, 0.25) is 0 Å². The molecule has 9 aromatic carbocycles. The van der Waals surface area contributed by atoms with E-state index < -0.39 is 0 Å². The monoisotopic (exact) mass is 596 g/mol. The Balaban J connectivity index is 1.22. The summed E-state index contributed by atoms with van der Waals surface area (Å²) in [6, 6.07) is 61.5. The molecule has 0 amide bonds. The van der Waals surface area contributed by atoms with Crippen LogP contribution < -0.4 is 0 Å². The Morgan fingerprint density at radius 3 is 1.68 bits per heavy atom. The molecule has 0 aliphatic rings. The zero-order valence-corrected chi connectivity index (χ0v) is 25.6. The van der Waals surface area contributed by atoms with Gasteiger partial charge in [0.25, 0.3) is 0 Å². The fraction of sp³-hybridized carbons (Fsp3) is 0. The van der Waals surface area contributed by atoms with Gasteiger partial charge in [0.1, 0.15) is 11.2 Å². The molecule has 0 radical (unpaired) electrons. The minimum absolute atomic E-state index is 0.922. The van der Waals surface area contributed by atoms with Gasteiger partial charge in [0.05, 0.1) is 0 Å². The van der Waals surface area contributed by atoms with Crippen molar-refractivity contribution >= 4 is 65.0 Å². The molecular formula is C46H28O. The summed E-state index contributed by atoms with van der Waals surface area (Å²) in [6.45, 7) is 0. The Hall–Kier alpha value is -6.18. The van der Waals surface area contributed by atoms with E-state index in [2.05, 4.69) is 170 Å². The Morgan fingerprint density at radius 2 is 0.851 bits per heavy atom. The average molecular weight is 597 g/mol. The number of rotatable bonds is 3. The largest absolute Gasteiger partial charge is 0.456 e. The molecule has 218 valence electrons. The van der Waals surface area contributed by atoms with Gasteiger partial charge in [0.2, 0.25) is 0 Å². The minimum atomic E-state index is 0.922. The third-order valence-corrected chi connectivity index (χ3v) is 9.82. The van der Waals surface area contributed by atoms with Gasteiger partial charge in [0, 0.05) is 10.8 Å². The summed E-state index contributed by atoms with van der Waals surface area (Å²) in [6.07, 6.45) is 0. The molecule has 0 aliphatic carbocycles. The van der Waals surface area contributed by atoms with Gasteiger partial charge >= 0.3 is 0 Å². The topological polar surface area (TPSA) is 13.1 Å². The van der Waals surface area contributed by atoms with Crippen molar-refractivity contribution < 1.29 is 4.42 Å². The first-order chi connectivity index (χ1) is 23.3. The summed E-state index contributed by atoms with van der Waals surface area (Å²) >= 11 is 0. The van der Waals surface area contributed by atoms with Crippen molar-refractivity contribution in [2.75, 3.05) is 0 Å². The standard InChI is InChI=1S/C46H28O/c1-2-11-29(12-3-1)31-14-8-15-32(25-31)33-16-9-17-34(26-33)36-21-10-22-39-41-28-44-42(27-40(41)37-19-6-7-20-38(37)45(36)39)46-35-18-5-4-13-30(35)23-24-43(46)47-44/h1-28H. The molecule has 0 saturated heterocycles. The summed E-state index contributed by atoms with van der Waals surface area (Å²) in [5.74, 6) is 0. The van der Waals surface area contributed by atoms with E-state index in [0.29, 0.717) is 0 Å². The number of furan rings is 1. The van der Waals surface area contributed by atoms with Gasteiger partial charge in [-0.05, 0) is 107 Å². The average Bonchev–Trinajstić information content (AvgIpc) is 3.52. The van der Waals surface area contributed by atoms with Crippen LogP contribution >= 0.6 is 0 Å². The van der Waals surface area contributed by atoms with Crippen LogP contribution in [0.25, 0.3) is 98.4 Å². The van der Waals surface area contributed by atoms with E-state index in [0.717, 1.165) is 16.6 Å². The van der Waals surface area contributed by atoms with E-state index in [1.807, 2.05) is 0 Å². The van der Waals surface area contributed by atoms with E-state index >= 15 is 0 Å². The Bertz CT molecular complexity index is 2840. The smallest absolute Gasteiger partial charge is 0.136 e. The van der Waals surface area contributed by atoms with E-state index in [1.165, 1.54) is 81.9 Å². The summed E-state index contributed by atoms with van der Waals surface area (Å²) in [5.41, 5.74) is 9.16. The van der Waals surface area contributed by atoms with Crippen molar-refractivity contribution in [3.05, 3.63) is 170 Å². The SMILES string of the molecule is c1ccc(-c2cccc(-c3cccc(-c4cccc5c6cc7oc8ccc9ccccc9c8c7cc6c6ccccc6c45)c3)c2)cc1. The maximum absolute atomic E-state index is 6.55. The second-order valence-electron chi connectivity index (χ2n) is 12.5. The molecule has 1 heteroatoms. The van der Waals surface area contributed by atoms with Gasteiger partial charge in [-0.3, -0.25) is 0 Å². The van der Waals surface area contributed by atoms with Crippen LogP contribution in [0.4, 0.5) is 0 Å². The van der Waals surface area contributed by atoms with Crippen LogP contribution in [0.5, 0.6) is 0 Å². The van der Waals surface area contributed by atoms with Gasteiger partial charge in [-0.1, -0.05) is 140 Å². The van der Waals surface area contributed by atoms with Crippen molar-refractivity contribution in [1.82, 2.24) is 0 Å². The first kappa shape index (κ1) is 26.1. The predicted octanol–water partition coefficient (Wildman–Crippen LogP) is 13.2. The van der Waals surface area contributed by atoms with E-state index in [1.54, 1.807) is 0 Å². The van der Waals surface area contributed by atoms with Gasteiger partial charge in [-0.25, -0.2) is 0 Å². The zero-order chi connectivity index (χ0) is 30.9. The predicted molar refractivity (Wildman–Crippen MR) is 200 cm³/mol. The van der Waals surface area contributed by atoms with Crippen LogP contribution in [0.15, 0.2) is 174 Å². The van der Waals surface area contributed by atoms with Crippen molar-refractivity contribution in [2.24, 2.45) is 0 Å². The molecule has 47 heavy (non-hydrogen) atoms. The zero-order valence-electron chi connectivity index (χ0n) is 25.6. The summed E-state index contributed by atoms with van der Waals surface area (Å²) in [4.78, 5) is 0. The Kier molecular flexibility index (Phi) is 5.64. The number of hydrogen-bond donors (Lipinski definition) is 0. The molecule has 0 spiro atoms. The molecule has 0 unspecified atom stereocenters. The Morgan fingerprint density at radius 1 is 0.277 bits per heavy atom. The van der Waals surface area contributed by atoms with Crippen LogP contribution in [0.1, 0.15) is 0 Å². The molecule has 10 aromatic rings. The van der Waals surface area contributed by atoms with Crippen molar-refractivity contribution in [3.8, 4) is 33.4 Å². The summed E-state index contributed by atoms with van der Waals surface area (Å²) in [5, 5.41) is 12.3. The normalized spacial score (nSPS) is 11.8. The molecule has 0 N–H and O–H groups in total. The highest BCUT2D eigenvalue weighted by Crippen LogP contribution is 2.44. The molecule has 10 rings (SSSR count). The molecule has 0 atom stereocenters. The van der Waals surface area contributed by atoms with Crippen LogP contribution in [0, 0.1) is 0 Å². The molecular weight excluding hydrogens is 569 g/mol. The highest BCUT2D eigenvalue weighted by atomic mass is 16.3. The van der Waals surface area contributed by atoms with Gasteiger partial charge in [-0.2, -0.15) is 0 Å². The minimum Gasteiger partial charge on any atom is -0.456 e. The van der Waals surface area contributed by atoms with Gasteiger partial charge in [0.15, 0.2) is 0 Å². The molecule has 1 aromatic heterocycles. The number of hydrogen-bond acceptors (Lipinski definition) is 1. The summed E-state index contributed by atoms with van der Waals surface area (Å²) < 4.78 is 6.55. The first-order valence-electron chi connectivity index (χ1n) is 16.2. The maximum Gasteiger partial charge on any atom is 0.136 e. The fourth-order valence-electron chi connectivity index (χ4n) is 7.66.